The van der Waals surface area contributed by atoms with Gasteiger partial charge in [-0.3, -0.25) is 4.79 Å². The molecule has 28 heavy (non-hydrogen) atoms. The number of fused-ring (bicyclic) bond motifs is 3. The molecule has 1 unspecified atom stereocenters. The molecule has 4 rings (SSSR count). The lowest BCUT2D eigenvalue weighted by Gasteiger charge is -2.15. The van der Waals surface area contributed by atoms with Gasteiger partial charge in [0.05, 0.1) is 25.8 Å². The Morgan fingerprint density at radius 2 is 2.00 bits per heavy atom. The molecule has 1 atom stereocenters. The summed E-state index contributed by atoms with van der Waals surface area (Å²) >= 11 is 0. The minimum Gasteiger partial charge on any atom is -0.494 e. The first-order valence-electron chi connectivity index (χ1n) is 9.07. The van der Waals surface area contributed by atoms with Gasteiger partial charge in [-0.1, -0.05) is 36.4 Å². The topological polar surface area (TPSA) is 51.5 Å². The molecule has 1 N–H and O–H groups in total. The largest absolute Gasteiger partial charge is 0.494 e. The summed E-state index contributed by atoms with van der Waals surface area (Å²) < 4.78 is 24.5. The number of furan rings is 1. The quantitative estimate of drug-likeness (QED) is 0.523. The molecule has 1 heterocycles. The number of hydrogen-bond acceptors (Lipinski definition) is 3. The fraction of sp³-hybridized carbons (Fsp3) is 0.174. The van der Waals surface area contributed by atoms with E-state index in [9.17, 15) is 9.18 Å². The number of hydrogen-bond donors (Lipinski definition) is 1. The number of methoxy groups -OCH3 is 1. The first-order valence-corrected chi connectivity index (χ1v) is 9.07. The van der Waals surface area contributed by atoms with Crippen molar-refractivity contribution in [3.8, 4) is 5.75 Å². The van der Waals surface area contributed by atoms with Gasteiger partial charge in [-0.2, -0.15) is 0 Å². The zero-order valence-corrected chi connectivity index (χ0v) is 15.7. The predicted octanol–water partition coefficient (Wildman–Crippen LogP) is 5.15. The molecular weight excluding hydrogens is 357 g/mol. The number of nitrogens with one attached hydrogen (secondary N) is 1. The van der Waals surface area contributed by atoms with Crippen LogP contribution in [0.25, 0.3) is 21.7 Å². The molecule has 0 aliphatic heterocycles. The summed E-state index contributed by atoms with van der Waals surface area (Å²) in [6.07, 6.45) is 1.82. The van der Waals surface area contributed by atoms with Crippen molar-refractivity contribution in [1.82, 2.24) is 5.32 Å². The number of carbonyl (C=O) groups is 1. The number of amides is 1. The molecule has 0 fully saturated rings. The molecule has 0 bridgehead atoms. The number of ether oxygens (including phenoxy) is 1. The van der Waals surface area contributed by atoms with E-state index in [1.165, 1.54) is 13.2 Å². The molecule has 0 aliphatic carbocycles. The predicted molar refractivity (Wildman–Crippen MR) is 107 cm³/mol. The molecule has 4 nitrogen and oxygen atoms in total. The molecule has 1 amide bonds. The minimum absolute atomic E-state index is 0.153. The maximum Gasteiger partial charge on any atom is 0.225 e. The minimum atomic E-state index is -0.451. The Labute approximate surface area is 161 Å². The Morgan fingerprint density at radius 1 is 1.18 bits per heavy atom. The number of halogens is 1. The van der Waals surface area contributed by atoms with Crippen molar-refractivity contribution in [2.24, 2.45) is 0 Å². The average molecular weight is 377 g/mol. The average Bonchev–Trinajstić information content (AvgIpc) is 3.11. The Kier molecular flexibility index (Phi) is 4.74. The van der Waals surface area contributed by atoms with E-state index in [1.54, 1.807) is 18.4 Å². The Hall–Kier alpha value is -3.34. The molecule has 0 radical (unpaired) electrons. The molecule has 4 aromatic rings. The molecule has 1 aromatic heterocycles. The zero-order chi connectivity index (χ0) is 19.7. The van der Waals surface area contributed by atoms with Crippen LogP contribution in [0, 0.1) is 5.82 Å². The number of carbonyl (C=O) groups excluding carboxylic acids is 1. The van der Waals surface area contributed by atoms with Crippen LogP contribution in [0.3, 0.4) is 0 Å². The van der Waals surface area contributed by atoms with Gasteiger partial charge in [0.25, 0.3) is 0 Å². The molecule has 3 aromatic carbocycles. The van der Waals surface area contributed by atoms with E-state index in [1.807, 2.05) is 43.3 Å². The smallest absolute Gasteiger partial charge is 0.225 e. The van der Waals surface area contributed by atoms with Gasteiger partial charge in [-0.05, 0) is 41.5 Å². The zero-order valence-electron chi connectivity index (χ0n) is 15.7. The fourth-order valence-electron chi connectivity index (χ4n) is 3.51. The SMILES string of the molecule is COc1ccc(C(C)NC(=O)Cc2coc3ccc4ccccc4c23)cc1F. The van der Waals surface area contributed by atoms with Crippen LogP contribution in [0.2, 0.25) is 0 Å². The first kappa shape index (κ1) is 18.0. The molecule has 0 spiro atoms. The number of rotatable bonds is 5. The normalized spacial score (nSPS) is 12.2. The lowest BCUT2D eigenvalue weighted by molar-refractivity contribution is -0.121. The molecule has 0 saturated heterocycles. The Morgan fingerprint density at radius 3 is 2.79 bits per heavy atom. The van der Waals surface area contributed by atoms with E-state index in [-0.39, 0.29) is 24.1 Å². The van der Waals surface area contributed by atoms with E-state index >= 15 is 0 Å². The third kappa shape index (κ3) is 3.31. The van der Waals surface area contributed by atoms with E-state index in [2.05, 4.69) is 5.32 Å². The molecule has 0 aliphatic rings. The van der Waals surface area contributed by atoms with Crippen molar-refractivity contribution >= 4 is 27.6 Å². The molecule has 0 saturated carbocycles. The third-order valence-electron chi connectivity index (χ3n) is 4.94. The van der Waals surface area contributed by atoms with Crippen molar-refractivity contribution in [1.29, 1.82) is 0 Å². The van der Waals surface area contributed by atoms with Crippen LogP contribution in [-0.4, -0.2) is 13.0 Å². The maximum atomic E-state index is 13.9. The van der Waals surface area contributed by atoms with Crippen LogP contribution < -0.4 is 10.1 Å². The number of benzene rings is 3. The summed E-state index contributed by atoms with van der Waals surface area (Å²) in [5.74, 6) is -0.424. The monoisotopic (exact) mass is 377 g/mol. The van der Waals surface area contributed by atoms with Gasteiger partial charge in [-0.25, -0.2) is 4.39 Å². The first-order chi connectivity index (χ1) is 13.6. The van der Waals surface area contributed by atoms with Crippen LogP contribution in [0.5, 0.6) is 5.75 Å². The van der Waals surface area contributed by atoms with Crippen LogP contribution >= 0.6 is 0 Å². The highest BCUT2D eigenvalue weighted by atomic mass is 19.1. The summed E-state index contributed by atoms with van der Waals surface area (Å²) in [6, 6.07) is 16.3. The van der Waals surface area contributed by atoms with Gasteiger partial charge in [0.1, 0.15) is 5.58 Å². The Balaban J connectivity index is 1.55. The molecular formula is C23H20FNO3. The Bertz CT molecular complexity index is 1170. The van der Waals surface area contributed by atoms with Crippen LogP contribution in [0.4, 0.5) is 4.39 Å². The maximum absolute atomic E-state index is 13.9. The van der Waals surface area contributed by atoms with Crippen molar-refractivity contribution in [3.63, 3.8) is 0 Å². The fourth-order valence-corrected chi connectivity index (χ4v) is 3.51. The second kappa shape index (κ2) is 7.35. The van der Waals surface area contributed by atoms with E-state index in [0.717, 1.165) is 27.3 Å². The third-order valence-corrected chi connectivity index (χ3v) is 4.94. The van der Waals surface area contributed by atoms with Gasteiger partial charge < -0.3 is 14.5 Å². The van der Waals surface area contributed by atoms with Gasteiger partial charge in [-0.15, -0.1) is 0 Å². The van der Waals surface area contributed by atoms with Crippen LogP contribution in [0.15, 0.2) is 65.3 Å². The van der Waals surface area contributed by atoms with E-state index < -0.39 is 5.82 Å². The second-order valence-corrected chi connectivity index (χ2v) is 6.78. The van der Waals surface area contributed by atoms with Crippen molar-refractivity contribution < 1.29 is 18.3 Å². The second-order valence-electron chi connectivity index (χ2n) is 6.78. The van der Waals surface area contributed by atoms with Crippen molar-refractivity contribution in [2.75, 3.05) is 7.11 Å². The van der Waals surface area contributed by atoms with Gasteiger partial charge in [0.15, 0.2) is 11.6 Å². The highest BCUT2D eigenvalue weighted by molar-refractivity contribution is 6.08. The van der Waals surface area contributed by atoms with Crippen molar-refractivity contribution in [3.05, 3.63) is 77.8 Å². The highest BCUT2D eigenvalue weighted by Gasteiger charge is 2.16. The van der Waals surface area contributed by atoms with Gasteiger partial charge in [0, 0.05) is 10.9 Å². The summed E-state index contributed by atoms with van der Waals surface area (Å²) in [6.45, 7) is 1.82. The molecule has 142 valence electrons. The van der Waals surface area contributed by atoms with E-state index in [4.69, 9.17) is 9.15 Å². The van der Waals surface area contributed by atoms with Crippen molar-refractivity contribution in [2.45, 2.75) is 19.4 Å². The molecule has 5 heteroatoms. The van der Waals surface area contributed by atoms with E-state index in [0.29, 0.717) is 5.56 Å². The summed E-state index contributed by atoms with van der Waals surface area (Å²) in [5.41, 5.74) is 2.26. The standard InChI is InChI=1S/C23H20FNO3/c1-14(16-8-9-20(27-2)19(24)11-16)25-22(26)12-17-13-28-21-10-7-15-5-3-4-6-18(15)23(17)21/h3-11,13-14H,12H2,1-2H3,(H,25,26). The lowest BCUT2D eigenvalue weighted by Crippen LogP contribution is -2.28. The van der Waals surface area contributed by atoms with Gasteiger partial charge >= 0.3 is 0 Å². The van der Waals surface area contributed by atoms with Gasteiger partial charge in [0.2, 0.25) is 5.91 Å². The van der Waals surface area contributed by atoms with Crippen LogP contribution in [0.1, 0.15) is 24.1 Å². The highest BCUT2D eigenvalue weighted by Crippen LogP contribution is 2.30. The summed E-state index contributed by atoms with van der Waals surface area (Å²) in [5, 5.41) is 6.03. The summed E-state index contributed by atoms with van der Waals surface area (Å²) in [7, 11) is 1.42. The van der Waals surface area contributed by atoms with Crippen LogP contribution in [-0.2, 0) is 11.2 Å². The lowest BCUT2D eigenvalue weighted by atomic mass is 10.0. The summed E-state index contributed by atoms with van der Waals surface area (Å²) in [4.78, 5) is 12.6.